The van der Waals surface area contributed by atoms with Crippen LogP contribution in [0.15, 0.2) is 18.2 Å². The minimum atomic E-state index is -5.05. The molecule has 43 heavy (non-hydrogen) atoms. The van der Waals surface area contributed by atoms with E-state index in [1.165, 1.54) is 0 Å². The maximum Gasteiger partial charge on any atom is 0.417 e. The van der Waals surface area contributed by atoms with Crippen molar-refractivity contribution < 1.29 is 35.5 Å². The predicted octanol–water partition coefficient (Wildman–Crippen LogP) is 6.65. The highest BCUT2D eigenvalue weighted by molar-refractivity contribution is 7.22. The first-order valence-electron chi connectivity index (χ1n) is 13.8. The van der Waals surface area contributed by atoms with Gasteiger partial charge in [0.1, 0.15) is 36.1 Å². The number of hydrogen-bond acceptors (Lipinski definition) is 8. The average Bonchev–Trinajstić information content (AvgIpc) is 3.58. The van der Waals surface area contributed by atoms with Gasteiger partial charge in [-0.2, -0.15) is 23.1 Å². The van der Waals surface area contributed by atoms with Crippen molar-refractivity contribution in [1.82, 2.24) is 19.9 Å². The first-order chi connectivity index (χ1) is 20.4. The van der Waals surface area contributed by atoms with Gasteiger partial charge < -0.3 is 15.8 Å². The molecule has 1 aliphatic carbocycles. The van der Waals surface area contributed by atoms with E-state index in [9.17, 15) is 26.3 Å². The molecule has 3 N–H and O–H groups in total. The number of halogens is 7. The number of fused-ring (bicyclic) bond motifs is 3. The number of hydrogen-bond donors (Lipinski definition) is 2. The van der Waals surface area contributed by atoms with Gasteiger partial charge in [0.05, 0.1) is 21.3 Å². The van der Waals surface area contributed by atoms with E-state index in [0.29, 0.717) is 13.0 Å². The van der Waals surface area contributed by atoms with E-state index >= 15 is 4.39 Å². The Morgan fingerprint density at radius 2 is 1.88 bits per heavy atom. The topological polar surface area (TPSA) is 89.2 Å². The fraction of sp³-hybridized carbons (Fsp3) is 0.464. The zero-order valence-corrected chi connectivity index (χ0v) is 23.3. The molecule has 2 aromatic heterocycles. The summed E-state index contributed by atoms with van der Waals surface area (Å²) in [5.74, 6) is -2.26. The Balaban J connectivity index is 1.39. The van der Waals surface area contributed by atoms with Crippen LogP contribution < -0.4 is 15.8 Å². The molecule has 4 heterocycles. The third kappa shape index (κ3) is 4.80. The van der Waals surface area contributed by atoms with Crippen molar-refractivity contribution in [2.75, 3.05) is 30.7 Å². The van der Waals surface area contributed by atoms with Crippen LogP contribution in [0.25, 0.3) is 32.2 Å². The van der Waals surface area contributed by atoms with Crippen LogP contribution >= 0.6 is 11.3 Å². The van der Waals surface area contributed by atoms with Crippen molar-refractivity contribution >= 4 is 43.4 Å². The maximum atomic E-state index is 16.5. The lowest BCUT2D eigenvalue weighted by Gasteiger charge is -2.32. The summed E-state index contributed by atoms with van der Waals surface area (Å²) in [5.41, 5.74) is 1.89. The maximum absolute atomic E-state index is 16.5. The van der Waals surface area contributed by atoms with E-state index in [4.69, 9.17) is 10.5 Å². The highest BCUT2D eigenvalue weighted by atomic mass is 32.1. The van der Waals surface area contributed by atoms with Crippen LogP contribution in [0.1, 0.15) is 37.7 Å². The van der Waals surface area contributed by atoms with Crippen molar-refractivity contribution in [3.8, 4) is 17.1 Å². The second-order valence-electron chi connectivity index (χ2n) is 11.5. The smallest absolute Gasteiger partial charge is 0.417 e. The van der Waals surface area contributed by atoms with Gasteiger partial charge in [0.15, 0.2) is 10.9 Å². The van der Waals surface area contributed by atoms with Crippen molar-refractivity contribution in [1.29, 1.82) is 0 Å². The summed E-state index contributed by atoms with van der Waals surface area (Å²) in [6.07, 6.45) is -5.18. The van der Waals surface area contributed by atoms with Crippen LogP contribution in [0, 0.1) is 11.6 Å². The normalized spacial score (nSPS) is 25.8. The number of nitrogens with one attached hydrogen (secondary N) is 1. The minimum Gasteiger partial charge on any atom is -0.461 e. The number of nitrogen functional groups attached to an aromatic ring is 1. The lowest BCUT2D eigenvalue weighted by molar-refractivity contribution is -0.137. The molecule has 0 amide bonds. The minimum absolute atomic E-state index is 0.000144. The summed E-state index contributed by atoms with van der Waals surface area (Å²) < 4.78 is 108. The monoisotopic (exact) mass is 626 g/mol. The molecule has 0 unspecified atom stereocenters. The highest BCUT2D eigenvalue weighted by Crippen LogP contribution is 2.46. The molecular weight excluding hydrogens is 601 g/mol. The lowest BCUT2D eigenvalue weighted by atomic mass is 9.90. The highest BCUT2D eigenvalue weighted by Gasteiger charge is 2.49. The number of rotatable bonds is 6. The summed E-state index contributed by atoms with van der Waals surface area (Å²) in [5, 5.41) is 2.54. The first kappa shape index (κ1) is 28.3. The van der Waals surface area contributed by atoms with Gasteiger partial charge in [-0.15, -0.1) is 0 Å². The average molecular weight is 627 g/mol. The number of benzene rings is 2. The van der Waals surface area contributed by atoms with Gasteiger partial charge in [0.25, 0.3) is 0 Å². The van der Waals surface area contributed by atoms with Crippen LogP contribution in [-0.4, -0.2) is 63.5 Å². The predicted molar refractivity (Wildman–Crippen MR) is 148 cm³/mol. The Labute approximate surface area is 244 Å². The summed E-state index contributed by atoms with van der Waals surface area (Å²) >= 11 is 0.728. The van der Waals surface area contributed by atoms with Gasteiger partial charge in [-0.05, 0) is 50.4 Å². The van der Waals surface area contributed by atoms with Crippen LogP contribution in [0.3, 0.4) is 0 Å². The van der Waals surface area contributed by atoms with Crippen molar-refractivity contribution in [3.63, 3.8) is 0 Å². The number of nitrogens with zero attached hydrogens (tertiary/aromatic N) is 4. The molecule has 7 nitrogen and oxygen atoms in total. The summed E-state index contributed by atoms with van der Waals surface area (Å²) in [7, 11) is 0. The Kier molecular flexibility index (Phi) is 6.61. The van der Waals surface area contributed by atoms with Gasteiger partial charge in [0, 0.05) is 35.5 Å². The third-order valence-electron chi connectivity index (χ3n) is 8.65. The Morgan fingerprint density at radius 3 is 2.63 bits per heavy atom. The number of ether oxygens (including phenoxy) is 1. The number of thiazole rings is 1. The lowest BCUT2D eigenvalue weighted by Crippen LogP contribution is -2.43. The number of nitrogens with two attached hydrogens (primary N) is 1. The summed E-state index contributed by atoms with van der Waals surface area (Å²) in [6, 6.07) is 1.90. The molecule has 228 valence electrons. The molecule has 2 aromatic carbocycles. The van der Waals surface area contributed by atoms with Crippen molar-refractivity contribution in [3.05, 3.63) is 35.4 Å². The van der Waals surface area contributed by atoms with Crippen LogP contribution in [0.4, 0.5) is 41.7 Å². The number of anilines is 2. The first-order valence-corrected chi connectivity index (χ1v) is 14.6. The second-order valence-corrected chi connectivity index (χ2v) is 12.5. The molecule has 4 aromatic rings. The summed E-state index contributed by atoms with van der Waals surface area (Å²) in [4.78, 5) is 14.5. The van der Waals surface area contributed by atoms with Gasteiger partial charge in [-0.3, -0.25) is 4.90 Å². The van der Waals surface area contributed by atoms with E-state index in [1.807, 2.05) is 4.90 Å². The molecule has 2 atom stereocenters. The van der Waals surface area contributed by atoms with Crippen LogP contribution in [0.5, 0.6) is 6.01 Å². The summed E-state index contributed by atoms with van der Waals surface area (Å²) in [6.45, 7) is 0.971. The zero-order valence-electron chi connectivity index (χ0n) is 22.4. The molecule has 2 aliphatic heterocycles. The second kappa shape index (κ2) is 10.0. The molecule has 1 saturated carbocycles. The molecule has 2 saturated heterocycles. The van der Waals surface area contributed by atoms with E-state index in [2.05, 4.69) is 20.3 Å². The molecule has 3 aliphatic rings. The van der Waals surface area contributed by atoms with E-state index in [1.54, 1.807) is 0 Å². The molecule has 0 radical (unpaired) electrons. The number of alkyl halides is 5. The standard InChI is InChI=1S/C28H25F7N6OS/c29-12-6-14(7-12)37-24-16-8-17(28(33,34)35)19(15-2-3-18(31)23-22(15)38-25(36)43-23)20(32)21(16)39-26(40-24)42-11-27-4-1-5-41(27)10-13(30)9-27/h2-3,8,12-14H,1,4-7,9-11H2,(H2,36,38)(H,37,39,40)/t12-,13-,14+,27+/m1/s1. The molecular formula is C28H25F7N6OS. The Morgan fingerprint density at radius 1 is 1.09 bits per heavy atom. The van der Waals surface area contributed by atoms with Gasteiger partial charge in [-0.25, -0.2) is 22.5 Å². The molecule has 3 fully saturated rings. The number of aromatic nitrogens is 3. The SMILES string of the molecule is Nc1nc2c(-c3c(C(F)(F)F)cc4c(N[C@H]5C[C@@H](F)C5)nc(OC[C@@]56CCCN5C[C@H](F)C6)nc4c3F)ccc(F)c2s1. The third-order valence-corrected chi connectivity index (χ3v) is 9.54. The molecule has 7 rings (SSSR count). The molecule has 0 spiro atoms. The van der Waals surface area contributed by atoms with Gasteiger partial charge >= 0.3 is 12.2 Å². The zero-order chi connectivity index (χ0) is 30.3. The molecule has 15 heteroatoms. The van der Waals surface area contributed by atoms with Gasteiger partial charge in [0.2, 0.25) is 0 Å². The Bertz CT molecular complexity index is 1740. The van der Waals surface area contributed by atoms with Crippen LogP contribution in [-0.2, 0) is 6.18 Å². The molecule has 0 bridgehead atoms. The van der Waals surface area contributed by atoms with Crippen molar-refractivity contribution in [2.24, 2.45) is 0 Å². The quantitative estimate of drug-likeness (QED) is 0.232. The largest absolute Gasteiger partial charge is 0.461 e. The van der Waals surface area contributed by atoms with Crippen LogP contribution in [0.2, 0.25) is 0 Å². The Hall–Kier alpha value is -3.46. The van der Waals surface area contributed by atoms with E-state index in [-0.39, 0.29) is 70.5 Å². The fourth-order valence-corrected chi connectivity index (χ4v) is 7.33. The van der Waals surface area contributed by atoms with Gasteiger partial charge in [-0.1, -0.05) is 11.3 Å². The van der Waals surface area contributed by atoms with Crippen molar-refractivity contribution in [2.45, 2.75) is 62.2 Å². The van der Waals surface area contributed by atoms with E-state index < -0.39 is 58.4 Å². The van der Waals surface area contributed by atoms with E-state index in [0.717, 1.165) is 36.0 Å². The fourth-order valence-electron chi connectivity index (χ4n) is 6.57.